The molecule has 0 saturated carbocycles. The molecule has 0 radical (unpaired) electrons. The monoisotopic (exact) mass is 437 g/mol. The van der Waals surface area contributed by atoms with Crippen molar-refractivity contribution in [2.45, 2.75) is 11.8 Å². The molecule has 8 heteroatoms. The van der Waals surface area contributed by atoms with Crippen molar-refractivity contribution in [3.63, 3.8) is 0 Å². The van der Waals surface area contributed by atoms with Crippen LogP contribution in [0.5, 0.6) is 0 Å². The van der Waals surface area contributed by atoms with E-state index >= 15 is 0 Å². The summed E-state index contributed by atoms with van der Waals surface area (Å²) < 4.78 is 27.3. The third-order valence-corrected chi connectivity index (χ3v) is 7.25. The van der Waals surface area contributed by atoms with Crippen LogP contribution < -0.4 is 5.32 Å². The second-order valence-corrected chi connectivity index (χ2v) is 9.40. The van der Waals surface area contributed by atoms with Gasteiger partial charge in [0.1, 0.15) is 0 Å². The Bertz CT molecular complexity index is 1230. The molecule has 0 aliphatic carbocycles. The highest BCUT2D eigenvalue weighted by Crippen LogP contribution is 2.22. The molecule has 1 saturated heterocycles. The number of piperazine rings is 1. The molecule has 0 unspecified atom stereocenters. The number of sulfonamides is 1. The standard InChI is InChI=1S/C23H23N3O4S/c1-17(27)24-21-8-10-22(11-9-21)31(29,30)26-14-12-25(13-15-26)23(28)20-7-6-18-4-2-3-5-19(18)16-20/h2-11,16H,12-15H2,1H3,(H,24,27). The van der Waals surface area contributed by atoms with Gasteiger partial charge in [-0.25, -0.2) is 8.42 Å². The first-order chi connectivity index (χ1) is 14.8. The molecule has 3 aromatic carbocycles. The Morgan fingerprint density at radius 1 is 0.839 bits per heavy atom. The molecule has 1 N–H and O–H groups in total. The predicted octanol–water partition coefficient (Wildman–Crippen LogP) is 2.94. The molecule has 4 rings (SSSR count). The summed E-state index contributed by atoms with van der Waals surface area (Å²) in [6, 6.07) is 19.5. The van der Waals surface area contributed by atoms with Crippen LogP contribution in [0.4, 0.5) is 5.69 Å². The maximum atomic E-state index is 12.9. The molecule has 0 aromatic heterocycles. The lowest BCUT2D eigenvalue weighted by Crippen LogP contribution is -2.50. The lowest BCUT2D eigenvalue weighted by atomic mass is 10.1. The number of nitrogens with zero attached hydrogens (tertiary/aromatic N) is 2. The summed E-state index contributed by atoms with van der Waals surface area (Å²) in [5.74, 6) is -0.315. The van der Waals surface area contributed by atoms with Crippen molar-refractivity contribution in [3.8, 4) is 0 Å². The van der Waals surface area contributed by atoms with E-state index in [-0.39, 0.29) is 29.8 Å². The van der Waals surface area contributed by atoms with Crippen molar-refractivity contribution < 1.29 is 18.0 Å². The van der Waals surface area contributed by atoms with Gasteiger partial charge < -0.3 is 10.2 Å². The van der Waals surface area contributed by atoms with Crippen molar-refractivity contribution in [1.82, 2.24) is 9.21 Å². The zero-order chi connectivity index (χ0) is 22.0. The number of hydrogen-bond acceptors (Lipinski definition) is 4. The molecule has 1 fully saturated rings. The number of hydrogen-bond donors (Lipinski definition) is 1. The van der Waals surface area contributed by atoms with E-state index in [9.17, 15) is 18.0 Å². The van der Waals surface area contributed by atoms with Gasteiger partial charge in [0.05, 0.1) is 4.90 Å². The summed E-state index contributed by atoms with van der Waals surface area (Å²) in [5.41, 5.74) is 1.14. The molecule has 0 atom stereocenters. The minimum Gasteiger partial charge on any atom is -0.336 e. The average Bonchev–Trinajstić information content (AvgIpc) is 2.78. The van der Waals surface area contributed by atoms with Gasteiger partial charge in [-0.3, -0.25) is 9.59 Å². The number of carbonyl (C=O) groups excluding carboxylic acids is 2. The maximum absolute atomic E-state index is 12.9. The van der Waals surface area contributed by atoms with E-state index in [4.69, 9.17) is 0 Å². The van der Waals surface area contributed by atoms with Gasteiger partial charge in [-0.1, -0.05) is 30.3 Å². The fraction of sp³-hybridized carbons (Fsp3) is 0.217. The van der Waals surface area contributed by atoms with Crippen LogP contribution in [0.2, 0.25) is 0 Å². The van der Waals surface area contributed by atoms with E-state index in [0.717, 1.165) is 10.8 Å². The Morgan fingerprint density at radius 2 is 1.48 bits per heavy atom. The van der Waals surface area contributed by atoms with Gasteiger partial charge in [0.15, 0.2) is 0 Å². The van der Waals surface area contributed by atoms with Crippen LogP contribution in [0.3, 0.4) is 0 Å². The number of nitrogens with one attached hydrogen (secondary N) is 1. The van der Waals surface area contributed by atoms with E-state index < -0.39 is 10.0 Å². The third kappa shape index (κ3) is 4.45. The minimum absolute atomic E-state index is 0.0949. The number of amides is 2. The number of rotatable bonds is 4. The van der Waals surface area contributed by atoms with E-state index in [1.807, 2.05) is 42.5 Å². The summed E-state index contributed by atoms with van der Waals surface area (Å²) in [6.07, 6.45) is 0. The van der Waals surface area contributed by atoms with Crippen molar-refractivity contribution >= 4 is 38.3 Å². The molecule has 1 heterocycles. The Balaban J connectivity index is 1.43. The van der Waals surface area contributed by atoms with Crippen LogP contribution in [0, 0.1) is 0 Å². The Morgan fingerprint density at radius 3 is 2.13 bits per heavy atom. The topological polar surface area (TPSA) is 86.8 Å². The summed E-state index contributed by atoms with van der Waals surface area (Å²) in [6.45, 7) is 2.51. The van der Waals surface area contributed by atoms with Gasteiger partial charge in [0.25, 0.3) is 5.91 Å². The van der Waals surface area contributed by atoms with E-state index in [1.165, 1.54) is 23.4 Å². The van der Waals surface area contributed by atoms with Gasteiger partial charge >= 0.3 is 0 Å². The molecule has 0 bridgehead atoms. The molecule has 3 aromatic rings. The minimum atomic E-state index is -3.67. The largest absolute Gasteiger partial charge is 0.336 e. The zero-order valence-corrected chi connectivity index (χ0v) is 17.9. The first kappa shape index (κ1) is 21.0. The first-order valence-electron chi connectivity index (χ1n) is 10.0. The summed E-state index contributed by atoms with van der Waals surface area (Å²) >= 11 is 0. The second-order valence-electron chi connectivity index (χ2n) is 7.46. The normalized spacial score (nSPS) is 15.1. The third-order valence-electron chi connectivity index (χ3n) is 5.33. The Kier molecular flexibility index (Phi) is 5.75. The molecular weight excluding hydrogens is 414 g/mol. The highest BCUT2D eigenvalue weighted by Gasteiger charge is 2.30. The van der Waals surface area contributed by atoms with Gasteiger partial charge in [-0.15, -0.1) is 0 Å². The van der Waals surface area contributed by atoms with Crippen molar-refractivity contribution in [2.75, 3.05) is 31.5 Å². The highest BCUT2D eigenvalue weighted by atomic mass is 32.2. The van der Waals surface area contributed by atoms with Gasteiger partial charge in [-0.05, 0) is 47.2 Å². The zero-order valence-electron chi connectivity index (χ0n) is 17.1. The molecule has 2 amide bonds. The fourth-order valence-corrected chi connectivity index (χ4v) is 5.12. The van der Waals surface area contributed by atoms with Crippen molar-refractivity contribution in [1.29, 1.82) is 0 Å². The Labute approximate surface area is 181 Å². The first-order valence-corrected chi connectivity index (χ1v) is 11.4. The van der Waals surface area contributed by atoms with Gasteiger partial charge in [0.2, 0.25) is 15.9 Å². The van der Waals surface area contributed by atoms with Crippen LogP contribution in [0.25, 0.3) is 10.8 Å². The lowest BCUT2D eigenvalue weighted by molar-refractivity contribution is -0.114. The maximum Gasteiger partial charge on any atom is 0.253 e. The lowest BCUT2D eigenvalue weighted by Gasteiger charge is -2.34. The quantitative estimate of drug-likeness (QED) is 0.680. The molecule has 7 nitrogen and oxygen atoms in total. The SMILES string of the molecule is CC(=O)Nc1ccc(S(=O)(=O)N2CCN(C(=O)c3ccc4ccccc4c3)CC2)cc1. The van der Waals surface area contributed by atoms with E-state index in [2.05, 4.69) is 5.32 Å². The smallest absolute Gasteiger partial charge is 0.253 e. The Hall–Kier alpha value is -3.23. The van der Waals surface area contributed by atoms with Crippen LogP contribution in [0.1, 0.15) is 17.3 Å². The van der Waals surface area contributed by atoms with Gasteiger partial charge in [-0.2, -0.15) is 4.31 Å². The van der Waals surface area contributed by atoms with Gasteiger partial charge in [0, 0.05) is 44.4 Å². The van der Waals surface area contributed by atoms with E-state index in [1.54, 1.807) is 17.0 Å². The van der Waals surface area contributed by atoms with Crippen LogP contribution in [0.15, 0.2) is 71.6 Å². The fourth-order valence-electron chi connectivity index (χ4n) is 3.70. The van der Waals surface area contributed by atoms with Crippen LogP contribution in [-0.4, -0.2) is 55.6 Å². The molecule has 31 heavy (non-hydrogen) atoms. The number of carbonyl (C=O) groups is 2. The van der Waals surface area contributed by atoms with Crippen LogP contribution >= 0.6 is 0 Å². The number of anilines is 1. The van der Waals surface area contributed by atoms with Crippen LogP contribution in [-0.2, 0) is 14.8 Å². The average molecular weight is 438 g/mol. The second kappa shape index (κ2) is 8.49. The number of fused-ring (bicyclic) bond motifs is 1. The molecular formula is C23H23N3O4S. The summed E-state index contributed by atoms with van der Waals surface area (Å²) in [4.78, 5) is 25.9. The predicted molar refractivity (Wildman–Crippen MR) is 119 cm³/mol. The molecule has 0 spiro atoms. The highest BCUT2D eigenvalue weighted by molar-refractivity contribution is 7.89. The number of benzene rings is 3. The van der Waals surface area contributed by atoms with Crippen molar-refractivity contribution in [3.05, 3.63) is 72.3 Å². The molecule has 160 valence electrons. The summed E-state index contributed by atoms with van der Waals surface area (Å²) in [7, 11) is -3.67. The van der Waals surface area contributed by atoms with Crippen molar-refractivity contribution in [2.24, 2.45) is 0 Å². The molecule has 1 aliphatic heterocycles. The summed E-state index contributed by atoms with van der Waals surface area (Å²) in [5, 5.41) is 4.68. The van der Waals surface area contributed by atoms with E-state index in [0.29, 0.717) is 24.3 Å². The molecule has 1 aliphatic rings.